The molecule has 0 aromatic heterocycles. The molecular weight excluding hydrogens is 350 g/mol. The maximum atomic E-state index is 12.4. The number of sulfonamides is 1. The Bertz CT molecular complexity index is 996. The van der Waals surface area contributed by atoms with Crippen molar-refractivity contribution in [2.75, 3.05) is 4.72 Å². The number of hydrogen-bond donors (Lipinski definition) is 1. The van der Waals surface area contributed by atoms with E-state index >= 15 is 0 Å². The van der Waals surface area contributed by atoms with Crippen LogP contribution in [0.15, 0.2) is 83.8 Å². The molecule has 0 saturated carbocycles. The minimum Gasteiger partial charge on any atom is -0.457 e. The third-order valence-corrected chi connectivity index (χ3v) is 5.05. The molecule has 0 aliphatic carbocycles. The Morgan fingerprint density at radius 2 is 1.38 bits per heavy atom. The molecule has 1 N–H and O–H groups in total. The van der Waals surface area contributed by atoms with Crippen LogP contribution in [-0.4, -0.2) is 14.2 Å². The van der Waals surface area contributed by atoms with E-state index in [0.29, 0.717) is 22.7 Å². The molecule has 0 amide bonds. The molecule has 0 atom stereocenters. The molecule has 0 bridgehead atoms. The lowest BCUT2D eigenvalue weighted by Gasteiger charge is -2.10. The van der Waals surface area contributed by atoms with Gasteiger partial charge in [0.25, 0.3) is 10.0 Å². The minimum atomic E-state index is -3.73. The average Bonchev–Trinajstić information content (AvgIpc) is 2.64. The van der Waals surface area contributed by atoms with E-state index in [-0.39, 0.29) is 10.7 Å². The summed E-state index contributed by atoms with van der Waals surface area (Å²) in [5.74, 6) is 1.19. The van der Waals surface area contributed by atoms with Gasteiger partial charge in [-0.1, -0.05) is 30.3 Å². The first-order valence-corrected chi connectivity index (χ1v) is 9.39. The summed E-state index contributed by atoms with van der Waals surface area (Å²) in [6.45, 7) is 1.43. The van der Waals surface area contributed by atoms with Gasteiger partial charge in [0, 0.05) is 11.3 Å². The number of para-hydroxylation sites is 1. The standard InChI is InChI=1S/C20H17NO4S/c1-15(22)16-7-13-20(14-8-16)26(23,24)21-17-9-11-19(12-10-17)25-18-5-3-2-4-6-18/h2-14,21H,1H3. The Kier molecular flexibility index (Phi) is 5.04. The highest BCUT2D eigenvalue weighted by Gasteiger charge is 2.14. The van der Waals surface area contributed by atoms with Crippen LogP contribution in [0, 0.1) is 0 Å². The molecule has 0 aliphatic rings. The molecule has 3 rings (SSSR count). The van der Waals surface area contributed by atoms with E-state index in [1.807, 2.05) is 30.3 Å². The van der Waals surface area contributed by atoms with Crippen LogP contribution in [0.4, 0.5) is 5.69 Å². The Labute approximate surface area is 152 Å². The summed E-state index contributed by atoms with van der Waals surface area (Å²) >= 11 is 0. The zero-order chi connectivity index (χ0) is 18.6. The fourth-order valence-electron chi connectivity index (χ4n) is 2.30. The van der Waals surface area contributed by atoms with E-state index in [9.17, 15) is 13.2 Å². The average molecular weight is 367 g/mol. The third kappa shape index (κ3) is 4.29. The fraction of sp³-hybridized carbons (Fsp3) is 0.0500. The number of hydrogen-bond acceptors (Lipinski definition) is 4. The predicted molar refractivity (Wildman–Crippen MR) is 100 cm³/mol. The summed E-state index contributed by atoms with van der Waals surface area (Å²) in [6, 6.07) is 21.7. The van der Waals surface area contributed by atoms with Crippen molar-refractivity contribution in [3.63, 3.8) is 0 Å². The van der Waals surface area contributed by atoms with E-state index < -0.39 is 10.0 Å². The van der Waals surface area contributed by atoms with Gasteiger partial charge in [-0.2, -0.15) is 0 Å². The second-order valence-electron chi connectivity index (χ2n) is 5.63. The Morgan fingerprint density at radius 3 is 1.96 bits per heavy atom. The summed E-state index contributed by atoms with van der Waals surface area (Å²) in [5, 5.41) is 0. The van der Waals surface area contributed by atoms with Crippen LogP contribution in [-0.2, 0) is 10.0 Å². The fourth-order valence-corrected chi connectivity index (χ4v) is 3.36. The third-order valence-electron chi connectivity index (χ3n) is 3.66. The summed E-state index contributed by atoms with van der Waals surface area (Å²) in [4.78, 5) is 11.4. The first-order valence-electron chi connectivity index (χ1n) is 7.91. The van der Waals surface area contributed by atoms with Crippen molar-refractivity contribution < 1.29 is 17.9 Å². The van der Waals surface area contributed by atoms with Gasteiger partial charge in [0.05, 0.1) is 4.90 Å². The van der Waals surface area contributed by atoms with Gasteiger partial charge in [0.2, 0.25) is 0 Å². The number of rotatable bonds is 6. The Morgan fingerprint density at radius 1 is 0.808 bits per heavy atom. The number of carbonyl (C=O) groups excluding carboxylic acids is 1. The molecule has 6 heteroatoms. The van der Waals surface area contributed by atoms with Crippen molar-refractivity contribution in [2.45, 2.75) is 11.8 Å². The van der Waals surface area contributed by atoms with Gasteiger partial charge in [0.1, 0.15) is 11.5 Å². The number of Topliss-reactive ketones (excluding diaryl/α,β-unsaturated/α-hetero) is 1. The summed E-state index contributed by atoms with van der Waals surface area (Å²) in [6.07, 6.45) is 0. The molecular formula is C20H17NO4S. The summed E-state index contributed by atoms with van der Waals surface area (Å²) in [7, 11) is -3.73. The molecule has 0 radical (unpaired) electrons. The SMILES string of the molecule is CC(=O)c1ccc(S(=O)(=O)Nc2ccc(Oc3ccccc3)cc2)cc1. The Hall–Kier alpha value is -3.12. The number of anilines is 1. The van der Waals surface area contributed by atoms with Gasteiger partial charge in [-0.25, -0.2) is 8.42 Å². The van der Waals surface area contributed by atoms with Gasteiger partial charge >= 0.3 is 0 Å². The zero-order valence-electron chi connectivity index (χ0n) is 14.0. The second-order valence-corrected chi connectivity index (χ2v) is 7.31. The number of ketones is 1. The largest absolute Gasteiger partial charge is 0.457 e. The highest BCUT2D eigenvalue weighted by atomic mass is 32.2. The molecule has 0 fully saturated rings. The van der Waals surface area contributed by atoms with E-state index in [1.165, 1.54) is 31.2 Å². The van der Waals surface area contributed by atoms with Gasteiger partial charge in [-0.3, -0.25) is 9.52 Å². The van der Waals surface area contributed by atoms with Crippen LogP contribution in [0.5, 0.6) is 11.5 Å². The number of benzene rings is 3. The zero-order valence-corrected chi connectivity index (χ0v) is 14.9. The van der Waals surface area contributed by atoms with Crippen LogP contribution in [0.3, 0.4) is 0 Å². The monoisotopic (exact) mass is 367 g/mol. The van der Waals surface area contributed by atoms with E-state index in [4.69, 9.17) is 4.74 Å². The molecule has 0 heterocycles. The molecule has 132 valence electrons. The molecule has 0 saturated heterocycles. The van der Waals surface area contributed by atoms with Gasteiger partial charge in [0.15, 0.2) is 5.78 Å². The molecule has 3 aromatic carbocycles. The highest BCUT2D eigenvalue weighted by molar-refractivity contribution is 7.92. The van der Waals surface area contributed by atoms with E-state index in [0.717, 1.165) is 0 Å². The van der Waals surface area contributed by atoms with Crippen molar-refractivity contribution >= 4 is 21.5 Å². The van der Waals surface area contributed by atoms with Crippen LogP contribution in [0.1, 0.15) is 17.3 Å². The van der Waals surface area contributed by atoms with Crippen molar-refractivity contribution in [3.05, 3.63) is 84.4 Å². The van der Waals surface area contributed by atoms with E-state index in [2.05, 4.69) is 4.72 Å². The van der Waals surface area contributed by atoms with Crippen LogP contribution in [0.2, 0.25) is 0 Å². The normalized spacial score (nSPS) is 11.0. The number of ether oxygens (including phenoxy) is 1. The van der Waals surface area contributed by atoms with Gasteiger partial charge < -0.3 is 4.74 Å². The molecule has 0 unspecified atom stereocenters. The summed E-state index contributed by atoms with van der Waals surface area (Å²) < 4.78 is 33.0. The van der Waals surface area contributed by atoms with Crippen molar-refractivity contribution in [1.82, 2.24) is 0 Å². The second kappa shape index (κ2) is 7.41. The van der Waals surface area contributed by atoms with Crippen molar-refractivity contribution in [2.24, 2.45) is 0 Å². The molecule has 26 heavy (non-hydrogen) atoms. The van der Waals surface area contributed by atoms with Gasteiger partial charge in [-0.15, -0.1) is 0 Å². The van der Waals surface area contributed by atoms with E-state index in [1.54, 1.807) is 24.3 Å². The van der Waals surface area contributed by atoms with Crippen LogP contribution < -0.4 is 9.46 Å². The molecule has 3 aromatic rings. The van der Waals surface area contributed by atoms with Crippen molar-refractivity contribution in [1.29, 1.82) is 0 Å². The lowest BCUT2D eigenvalue weighted by molar-refractivity contribution is 0.101. The quantitative estimate of drug-likeness (QED) is 0.652. The van der Waals surface area contributed by atoms with Crippen molar-refractivity contribution in [3.8, 4) is 11.5 Å². The molecule has 0 spiro atoms. The van der Waals surface area contributed by atoms with Crippen LogP contribution >= 0.6 is 0 Å². The topological polar surface area (TPSA) is 72.5 Å². The molecule has 0 aliphatic heterocycles. The number of nitrogens with one attached hydrogen (secondary N) is 1. The first kappa shape index (κ1) is 17.7. The smallest absolute Gasteiger partial charge is 0.261 e. The lowest BCUT2D eigenvalue weighted by Crippen LogP contribution is -2.13. The predicted octanol–water partition coefficient (Wildman–Crippen LogP) is 4.48. The van der Waals surface area contributed by atoms with Gasteiger partial charge in [-0.05, 0) is 55.5 Å². The minimum absolute atomic E-state index is 0.0899. The Balaban J connectivity index is 1.72. The number of carbonyl (C=O) groups is 1. The van der Waals surface area contributed by atoms with Crippen LogP contribution in [0.25, 0.3) is 0 Å². The maximum Gasteiger partial charge on any atom is 0.261 e. The summed E-state index contributed by atoms with van der Waals surface area (Å²) in [5.41, 5.74) is 0.882. The highest BCUT2D eigenvalue weighted by Crippen LogP contribution is 2.24. The molecule has 5 nitrogen and oxygen atoms in total. The first-order chi connectivity index (χ1) is 12.4. The lowest BCUT2D eigenvalue weighted by atomic mass is 10.2. The maximum absolute atomic E-state index is 12.4.